The first-order valence-corrected chi connectivity index (χ1v) is 7.39. The molecule has 3 rings (SSSR count). The topological polar surface area (TPSA) is 104 Å². The van der Waals surface area contributed by atoms with E-state index in [2.05, 4.69) is 0 Å². The zero-order chi connectivity index (χ0) is 17.6. The quantitative estimate of drug-likeness (QED) is 0.622. The molecule has 0 aliphatic heterocycles. The number of nitrogens with zero attached hydrogens (tertiary/aromatic N) is 2. The van der Waals surface area contributed by atoms with Crippen LogP contribution in [0.4, 0.5) is 0 Å². The molecule has 0 radical (unpaired) electrons. The van der Waals surface area contributed by atoms with E-state index in [-0.39, 0.29) is 28.3 Å². The summed E-state index contributed by atoms with van der Waals surface area (Å²) in [7, 11) is 0. The van der Waals surface area contributed by atoms with Gasteiger partial charge in [0, 0.05) is 13.5 Å². The lowest BCUT2D eigenvalue weighted by atomic mass is 10.1. The molecule has 0 spiro atoms. The summed E-state index contributed by atoms with van der Waals surface area (Å²) in [5.41, 5.74) is -2.75. The van der Waals surface area contributed by atoms with Gasteiger partial charge in [-0.3, -0.25) is 24.0 Å². The summed E-state index contributed by atoms with van der Waals surface area (Å²) < 4.78 is 6.65. The first-order valence-electron chi connectivity index (χ1n) is 7.39. The van der Waals surface area contributed by atoms with Gasteiger partial charge in [-0.05, 0) is 18.6 Å². The van der Waals surface area contributed by atoms with Crippen LogP contribution in [0.15, 0.2) is 31.3 Å². The number of benzene rings is 1. The monoisotopic (exact) mass is 330 g/mol. The highest BCUT2D eigenvalue weighted by molar-refractivity contribution is 5.99. The van der Waals surface area contributed by atoms with Gasteiger partial charge >= 0.3 is 0 Å². The summed E-state index contributed by atoms with van der Waals surface area (Å²) in [4.78, 5) is 60.5. The van der Waals surface area contributed by atoms with Gasteiger partial charge in [-0.25, -0.2) is 9.13 Å². The molecule has 0 atom stereocenters. The second kappa shape index (κ2) is 5.64. The molecular weight excluding hydrogens is 316 g/mol. The Morgan fingerprint density at radius 1 is 0.917 bits per heavy atom. The van der Waals surface area contributed by atoms with Crippen molar-refractivity contribution in [1.29, 1.82) is 0 Å². The van der Waals surface area contributed by atoms with E-state index in [1.165, 1.54) is 12.1 Å². The predicted octanol–water partition coefficient (Wildman–Crippen LogP) is -0.0434. The normalized spacial score (nSPS) is 11.6. The van der Waals surface area contributed by atoms with Crippen LogP contribution in [0.2, 0.25) is 0 Å². The minimum Gasteiger partial charge on any atom is -0.361 e. The van der Waals surface area contributed by atoms with Gasteiger partial charge in [-0.1, -0.05) is 6.92 Å². The molecule has 0 saturated carbocycles. The molecular formula is C16H14N2O6. The van der Waals surface area contributed by atoms with Crippen molar-refractivity contribution in [1.82, 2.24) is 9.13 Å². The fourth-order valence-electron chi connectivity index (χ4n) is 2.73. The highest BCUT2D eigenvalue weighted by Gasteiger charge is 2.20. The number of carbonyl (C=O) groups is 1. The summed E-state index contributed by atoms with van der Waals surface area (Å²) in [6, 6.07) is 2.40. The molecule has 0 bridgehead atoms. The third kappa shape index (κ3) is 2.15. The molecule has 0 amide bonds. The average Bonchev–Trinajstić information content (AvgIpc) is 2.92. The van der Waals surface area contributed by atoms with Gasteiger partial charge in [-0.2, -0.15) is 0 Å². The molecule has 8 heteroatoms. The third-order valence-electron chi connectivity index (χ3n) is 3.86. The summed E-state index contributed by atoms with van der Waals surface area (Å²) in [6.07, 6.45) is 0.737. The van der Waals surface area contributed by atoms with Crippen molar-refractivity contribution < 1.29 is 9.53 Å². The van der Waals surface area contributed by atoms with E-state index in [4.69, 9.17) is 4.74 Å². The number of hydrogen-bond acceptors (Lipinski definition) is 6. The SMILES string of the molecule is CCCOCn1c(=O)c2cc3c(=O)n(C(C)=O)c(=O)c3cc2c1=O. The van der Waals surface area contributed by atoms with Crippen LogP contribution < -0.4 is 22.2 Å². The lowest BCUT2D eigenvalue weighted by molar-refractivity contribution is 0.0743. The molecule has 2 heterocycles. The van der Waals surface area contributed by atoms with Crippen LogP contribution in [-0.2, 0) is 11.5 Å². The molecule has 0 N–H and O–H groups in total. The van der Waals surface area contributed by atoms with Gasteiger partial charge in [0.15, 0.2) is 0 Å². The summed E-state index contributed by atoms with van der Waals surface area (Å²) in [5.74, 6) is -0.714. The Balaban J connectivity index is 2.34. The fraction of sp³-hybridized carbons (Fsp3) is 0.312. The Bertz CT molecular complexity index is 1100. The average molecular weight is 330 g/mol. The minimum atomic E-state index is -0.786. The zero-order valence-corrected chi connectivity index (χ0v) is 13.1. The van der Waals surface area contributed by atoms with Crippen molar-refractivity contribution >= 4 is 27.5 Å². The maximum absolute atomic E-state index is 12.4. The Hall–Kier alpha value is -2.87. The molecule has 0 saturated heterocycles. The van der Waals surface area contributed by atoms with Crippen LogP contribution in [0.5, 0.6) is 0 Å². The van der Waals surface area contributed by atoms with Gasteiger partial charge in [0.25, 0.3) is 22.2 Å². The molecule has 1 aromatic carbocycles. The first kappa shape index (κ1) is 16.0. The van der Waals surface area contributed by atoms with Gasteiger partial charge in [0.1, 0.15) is 6.73 Å². The van der Waals surface area contributed by atoms with Crippen LogP contribution >= 0.6 is 0 Å². The number of rotatable bonds is 4. The highest BCUT2D eigenvalue weighted by Crippen LogP contribution is 2.14. The number of aromatic nitrogens is 2. The van der Waals surface area contributed by atoms with E-state index in [0.717, 1.165) is 17.9 Å². The molecule has 2 aromatic heterocycles. The number of carbonyl (C=O) groups excluding carboxylic acids is 1. The Morgan fingerprint density at radius 3 is 1.79 bits per heavy atom. The van der Waals surface area contributed by atoms with Gasteiger partial charge in [0.05, 0.1) is 21.5 Å². The predicted molar refractivity (Wildman–Crippen MR) is 87.4 cm³/mol. The molecule has 8 nitrogen and oxygen atoms in total. The maximum atomic E-state index is 12.4. The smallest absolute Gasteiger partial charge is 0.268 e. The van der Waals surface area contributed by atoms with E-state index in [9.17, 15) is 24.0 Å². The molecule has 0 aliphatic carbocycles. The van der Waals surface area contributed by atoms with Crippen LogP contribution in [0.1, 0.15) is 25.1 Å². The van der Waals surface area contributed by atoms with Crippen LogP contribution in [-0.4, -0.2) is 21.6 Å². The second-order valence-electron chi connectivity index (χ2n) is 5.48. The molecule has 0 unspecified atom stereocenters. The van der Waals surface area contributed by atoms with Crippen LogP contribution in [0, 0.1) is 0 Å². The number of hydrogen-bond donors (Lipinski definition) is 0. The van der Waals surface area contributed by atoms with E-state index in [1.54, 1.807) is 0 Å². The summed E-state index contributed by atoms with van der Waals surface area (Å²) in [6.45, 7) is 3.20. The molecule has 24 heavy (non-hydrogen) atoms. The molecule has 0 fully saturated rings. The maximum Gasteiger partial charge on any atom is 0.268 e. The second-order valence-corrected chi connectivity index (χ2v) is 5.48. The summed E-state index contributed by atoms with van der Waals surface area (Å²) in [5, 5.41) is -0.0337. The fourth-order valence-corrected chi connectivity index (χ4v) is 2.73. The van der Waals surface area contributed by atoms with Crippen molar-refractivity contribution in [3.63, 3.8) is 0 Å². The van der Waals surface area contributed by atoms with Crippen molar-refractivity contribution in [2.24, 2.45) is 0 Å². The van der Waals surface area contributed by atoms with Crippen molar-refractivity contribution in [3.05, 3.63) is 53.5 Å². The number of fused-ring (bicyclic) bond motifs is 2. The van der Waals surface area contributed by atoms with Gasteiger partial charge < -0.3 is 4.74 Å². The Kier molecular flexibility index (Phi) is 3.76. The van der Waals surface area contributed by atoms with Crippen molar-refractivity contribution in [2.45, 2.75) is 27.0 Å². The standard InChI is InChI=1S/C16H14N2O6/c1-3-4-24-7-17-13(20)9-5-11-12(6-10(9)14(17)21)16(23)18(8(2)19)15(11)22/h5-6H,3-4,7H2,1-2H3. The van der Waals surface area contributed by atoms with Gasteiger partial charge in [0.2, 0.25) is 5.91 Å². The van der Waals surface area contributed by atoms with E-state index < -0.39 is 28.1 Å². The van der Waals surface area contributed by atoms with Crippen molar-refractivity contribution in [3.8, 4) is 0 Å². The number of ether oxygens (including phenoxy) is 1. The Morgan fingerprint density at radius 2 is 1.38 bits per heavy atom. The first-order chi connectivity index (χ1) is 11.4. The minimum absolute atomic E-state index is 0.0328. The van der Waals surface area contributed by atoms with Crippen LogP contribution in [0.25, 0.3) is 21.5 Å². The Labute approximate surface area is 134 Å². The van der Waals surface area contributed by atoms with Crippen molar-refractivity contribution in [2.75, 3.05) is 6.61 Å². The zero-order valence-electron chi connectivity index (χ0n) is 13.1. The highest BCUT2D eigenvalue weighted by atomic mass is 16.5. The molecule has 0 aliphatic rings. The van der Waals surface area contributed by atoms with E-state index in [0.29, 0.717) is 11.2 Å². The van der Waals surface area contributed by atoms with Crippen LogP contribution in [0.3, 0.4) is 0 Å². The van der Waals surface area contributed by atoms with E-state index >= 15 is 0 Å². The van der Waals surface area contributed by atoms with E-state index in [1.807, 2.05) is 6.92 Å². The lowest BCUT2D eigenvalue weighted by Crippen LogP contribution is -2.30. The largest absolute Gasteiger partial charge is 0.361 e. The molecule has 124 valence electrons. The lowest BCUT2D eigenvalue weighted by Gasteiger charge is -2.00. The third-order valence-corrected chi connectivity index (χ3v) is 3.86. The van der Waals surface area contributed by atoms with Gasteiger partial charge in [-0.15, -0.1) is 0 Å². The molecule has 3 aromatic rings. The summed E-state index contributed by atoms with van der Waals surface area (Å²) >= 11 is 0.